The van der Waals surface area contributed by atoms with E-state index in [0.29, 0.717) is 0 Å². The van der Waals surface area contributed by atoms with Gasteiger partial charge in [0, 0.05) is 0 Å². The van der Waals surface area contributed by atoms with Crippen molar-refractivity contribution in [2.75, 3.05) is 26.2 Å². The molecule has 0 saturated heterocycles. The summed E-state index contributed by atoms with van der Waals surface area (Å²) in [5.41, 5.74) is 2.92. The minimum Gasteiger partial charge on any atom is -0.317 e. The van der Waals surface area contributed by atoms with E-state index in [1.54, 1.807) is 0 Å². The van der Waals surface area contributed by atoms with Crippen LogP contribution in [0.25, 0.3) is 0 Å². The number of hydrogen-bond acceptors (Lipinski definition) is 2. The van der Waals surface area contributed by atoms with Gasteiger partial charge in [-0.3, -0.25) is 0 Å². The van der Waals surface area contributed by atoms with Crippen molar-refractivity contribution < 1.29 is 0 Å². The molecule has 2 nitrogen and oxygen atoms in total. The maximum Gasteiger partial charge on any atom is -0.00484 e. The molecule has 0 aliphatic rings. The van der Waals surface area contributed by atoms with Crippen molar-refractivity contribution in [3.05, 3.63) is 71.8 Å². The molecule has 2 aromatic rings. The molecule has 2 N–H and O–H groups in total. The van der Waals surface area contributed by atoms with E-state index in [0.717, 1.165) is 26.2 Å². The summed E-state index contributed by atoms with van der Waals surface area (Å²) in [7, 11) is 0. The van der Waals surface area contributed by atoms with Crippen LogP contribution in [0.2, 0.25) is 0 Å². The van der Waals surface area contributed by atoms with Crippen molar-refractivity contribution in [3.8, 4) is 0 Å². The minimum absolute atomic E-state index is 1.15. The average molecular weight is 353 g/mol. The van der Waals surface area contributed by atoms with Gasteiger partial charge < -0.3 is 10.6 Å². The van der Waals surface area contributed by atoms with Gasteiger partial charge in [0.1, 0.15) is 0 Å². The Kier molecular flexibility index (Phi) is 11.5. The zero-order valence-electron chi connectivity index (χ0n) is 16.3. The van der Waals surface area contributed by atoms with Crippen molar-refractivity contribution in [1.29, 1.82) is 0 Å². The molecule has 0 aromatic heterocycles. The lowest BCUT2D eigenvalue weighted by molar-refractivity contribution is 0.556. The second kappa shape index (κ2) is 14.5. The van der Waals surface area contributed by atoms with Crippen molar-refractivity contribution in [2.24, 2.45) is 0 Å². The Morgan fingerprint density at radius 1 is 0.423 bits per heavy atom. The number of benzene rings is 2. The summed E-state index contributed by atoms with van der Waals surface area (Å²) in [6, 6.07) is 21.6. The van der Waals surface area contributed by atoms with E-state index in [9.17, 15) is 0 Å². The largest absolute Gasteiger partial charge is 0.317 e. The number of hydrogen-bond donors (Lipinski definition) is 2. The normalized spacial score (nSPS) is 10.9. The first-order chi connectivity index (χ1) is 12.9. The third kappa shape index (κ3) is 10.4. The Morgan fingerprint density at radius 2 is 0.769 bits per heavy atom. The molecule has 0 aliphatic heterocycles. The highest BCUT2D eigenvalue weighted by atomic mass is 14.9. The van der Waals surface area contributed by atoms with Crippen LogP contribution in [0.5, 0.6) is 0 Å². The van der Waals surface area contributed by atoms with Gasteiger partial charge in [-0.25, -0.2) is 0 Å². The molecule has 0 amide bonds. The van der Waals surface area contributed by atoms with E-state index in [1.165, 1.54) is 62.5 Å². The standard InChI is InChI=1S/C24H36N2/c1-3-13-23(14-4-1)17-7-9-19-25-21-11-12-22-26-20-10-8-18-24-15-5-2-6-16-24/h1-6,13-16,25-26H,7-12,17-22H2. The van der Waals surface area contributed by atoms with Crippen molar-refractivity contribution in [2.45, 2.75) is 51.4 Å². The third-order valence-corrected chi connectivity index (χ3v) is 4.78. The molecular formula is C24H36N2. The molecule has 142 valence electrons. The maximum absolute atomic E-state index is 3.57. The zero-order chi connectivity index (χ0) is 18.1. The van der Waals surface area contributed by atoms with Gasteiger partial charge in [0.25, 0.3) is 0 Å². The molecule has 0 unspecified atom stereocenters. The molecule has 0 heterocycles. The highest BCUT2D eigenvalue weighted by molar-refractivity contribution is 5.15. The predicted octanol–water partition coefficient (Wildman–Crippen LogP) is 4.99. The van der Waals surface area contributed by atoms with Gasteiger partial charge in [0.05, 0.1) is 0 Å². The Morgan fingerprint density at radius 3 is 1.15 bits per heavy atom. The maximum atomic E-state index is 3.57. The summed E-state index contributed by atoms with van der Waals surface area (Å²) in [6.45, 7) is 4.61. The fourth-order valence-electron chi connectivity index (χ4n) is 3.20. The van der Waals surface area contributed by atoms with Crippen LogP contribution >= 0.6 is 0 Å². The first-order valence-electron chi connectivity index (χ1n) is 10.4. The van der Waals surface area contributed by atoms with Crippen LogP contribution in [0.1, 0.15) is 49.7 Å². The van der Waals surface area contributed by atoms with Crippen LogP contribution in [0.4, 0.5) is 0 Å². The second-order valence-corrected chi connectivity index (χ2v) is 7.09. The Labute approximate surface area is 160 Å². The molecule has 0 radical (unpaired) electrons. The predicted molar refractivity (Wildman–Crippen MR) is 114 cm³/mol. The molecular weight excluding hydrogens is 316 g/mol. The quantitative estimate of drug-likeness (QED) is 0.441. The van der Waals surface area contributed by atoms with E-state index in [2.05, 4.69) is 71.3 Å². The van der Waals surface area contributed by atoms with Crippen molar-refractivity contribution >= 4 is 0 Å². The highest BCUT2D eigenvalue weighted by Gasteiger charge is 1.95. The molecule has 0 saturated carbocycles. The molecule has 0 spiro atoms. The molecule has 0 aliphatic carbocycles. The van der Waals surface area contributed by atoms with Crippen LogP contribution < -0.4 is 10.6 Å². The Hall–Kier alpha value is -1.64. The van der Waals surface area contributed by atoms with E-state index < -0.39 is 0 Å². The van der Waals surface area contributed by atoms with Gasteiger partial charge >= 0.3 is 0 Å². The van der Waals surface area contributed by atoms with Gasteiger partial charge in [0.15, 0.2) is 0 Å². The smallest absolute Gasteiger partial charge is 0.00484 e. The highest BCUT2D eigenvalue weighted by Crippen LogP contribution is 2.04. The molecule has 0 bridgehead atoms. The van der Waals surface area contributed by atoms with Crippen LogP contribution in [0, 0.1) is 0 Å². The van der Waals surface area contributed by atoms with Crippen LogP contribution in [-0.2, 0) is 12.8 Å². The van der Waals surface area contributed by atoms with Crippen LogP contribution in [-0.4, -0.2) is 26.2 Å². The van der Waals surface area contributed by atoms with Crippen LogP contribution in [0.15, 0.2) is 60.7 Å². The van der Waals surface area contributed by atoms with Gasteiger partial charge in [-0.2, -0.15) is 0 Å². The molecule has 2 aromatic carbocycles. The molecule has 26 heavy (non-hydrogen) atoms. The summed E-state index contributed by atoms with van der Waals surface area (Å²) in [4.78, 5) is 0. The van der Waals surface area contributed by atoms with Gasteiger partial charge in [0.2, 0.25) is 0 Å². The summed E-state index contributed by atoms with van der Waals surface area (Å²) < 4.78 is 0. The minimum atomic E-state index is 1.15. The summed E-state index contributed by atoms with van der Waals surface area (Å²) >= 11 is 0. The molecule has 0 atom stereocenters. The summed E-state index contributed by atoms with van der Waals surface area (Å²) in [6.07, 6.45) is 10.1. The Balaban J connectivity index is 1.28. The van der Waals surface area contributed by atoms with Gasteiger partial charge in [-0.1, -0.05) is 60.7 Å². The SMILES string of the molecule is c1ccc(CCCCNCCCCNCCCCc2ccccc2)cc1. The van der Waals surface area contributed by atoms with Gasteiger partial charge in [-0.05, 0) is 88.7 Å². The second-order valence-electron chi connectivity index (χ2n) is 7.09. The topological polar surface area (TPSA) is 24.1 Å². The molecule has 2 rings (SSSR count). The number of rotatable bonds is 15. The number of aryl methyl sites for hydroxylation is 2. The van der Waals surface area contributed by atoms with Crippen molar-refractivity contribution in [3.63, 3.8) is 0 Å². The van der Waals surface area contributed by atoms with E-state index in [4.69, 9.17) is 0 Å². The fourth-order valence-corrected chi connectivity index (χ4v) is 3.20. The number of unbranched alkanes of at least 4 members (excludes halogenated alkanes) is 3. The molecule has 0 fully saturated rings. The first-order valence-corrected chi connectivity index (χ1v) is 10.4. The average Bonchev–Trinajstić information content (AvgIpc) is 2.70. The molecule has 2 heteroatoms. The lowest BCUT2D eigenvalue weighted by Crippen LogP contribution is -2.20. The van der Waals surface area contributed by atoms with E-state index >= 15 is 0 Å². The zero-order valence-corrected chi connectivity index (χ0v) is 16.3. The fraction of sp³-hybridized carbons (Fsp3) is 0.500. The Bertz CT molecular complexity index is 487. The lowest BCUT2D eigenvalue weighted by atomic mass is 10.1. The lowest BCUT2D eigenvalue weighted by Gasteiger charge is -2.07. The van der Waals surface area contributed by atoms with Crippen molar-refractivity contribution in [1.82, 2.24) is 10.6 Å². The number of nitrogens with one attached hydrogen (secondary N) is 2. The van der Waals surface area contributed by atoms with Gasteiger partial charge in [-0.15, -0.1) is 0 Å². The monoisotopic (exact) mass is 352 g/mol. The third-order valence-electron chi connectivity index (χ3n) is 4.78. The van der Waals surface area contributed by atoms with Crippen LogP contribution in [0.3, 0.4) is 0 Å². The van der Waals surface area contributed by atoms with E-state index in [-0.39, 0.29) is 0 Å². The van der Waals surface area contributed by atoms with E-state index in [1.807, 2.05) is 0 Å². The summed E-state index contributed by atoms with van der Waals surface area (Å²) in [5.74, 6) is 0. The first kappa shape index (κ1) is 20.7. The summed E-state index contributed by atoms with van der Waals surface area (Å²) in [5, 5.41) is 7.15.